The number of nitrogens with zero attached hydrogens (tertiary/aromatic N) is 3. The first kappa shape index (κ1) is 19.9. The number of ketones is 1. The smallest absolute Gasteiger partial charge is 0.249 e. The fourth-order valence-electron chi connectivity index (χ4n) is 2.66. The summed E-state index contributed by atoms with van der Waals surface area (Å²) in [7, 11) is 4.63. The van der Waals surface area contributed by atoms with Gasteiger partial charge in [-0.2, -0.15) is 10.1 Å². The quantitative estimate of drug-likeness (QED) is 0.553. The number of ether oxygens (including phenoxy) is 3. The van der Waals surface area contributed by atoms with Gasteiger partial charge in [0.05, 0.1) is 27.5 Å². The summed E-state index contributed by atoms with van der Waals surface area (Å²) in [6.07, 6.45) is 1.49. The second-order valence-electron chi connectivity index (χ2n) is 5.97. The van der Waals surface area contributed by atoms with Crippen LogP contribution in [0.4, 0.5) is 23.1 Å². The fraction of sp³-hybridized carbons (Fsp3) is 0.200. The van der Waals surface area contributed by atoms with Crippen LogP contribution >= 0.6 is 0 Å². The highest BCUT2D eigenvalue weighted by molar-refractivity contribution is 5.95. The molecule has 0 amide bonds. The minimum Gasteiger partial charge on any atom is -0.493 e. The third kappa shape index (κ3) is 4.70. The van der Waals surface area contributed by atoms with E-state index in [1.165, 1.54) is 13.1 Å². The van der Waals surface area contributed by atoms with E-state index in [0.717, 1.165) is 0 Å². The van der Waals surface area contributed by atoms with E-state index in [4.69, 9.17) is 14.2 Å². The second kappa shape index (κ2) is 8.87. The largest absolute Gasteiger partial charge is 0.493 e. The lowest BCUT2D eigenvalue weighted by atomic mass is 10.1. The van der Waals surface area contributed by atoms with E-state index in [2.05, 4.69) is 25.8 Å². The average molecular weight is 395 g/mol. The summed E-state index contributed by atoms with van der Waals surface area (Å²) in [6.45, 7) is 1.51. The molecule has 1 aromatic heterocycles. The van der Waals surface area contributed by atoms with Gasteiger partial charge in [0, 0.05) is 29.1 Å². The number of aromatic nitrogens is 3. The summed E-state index contributed by atoms with van der Waals surface area (Å²) in [4.78, 5) is 15.9. The van der Waals surface area contributed by atoms with Crippen molar-refractivity contribution in [2.24, 2.45) is 0 Å². The second-order valence-corrected chi connectivity index (χ2v) is 5.97. The Kier molecular flexibility index (Phi) is 6.08. The minimum atomic E-state index is -0.0227. The molecule has 2 N–H and O–H groups in total. The Morgan fingerprint density at radius 3 is 2.28 bits per heavy atom. The number of methoxy groups -OCH3 is 3. The van der Waals surface area contributed by atoms with Crippen molar-refractivity contribution in [1.82, 2.24) is 15.2 Å². The molecule has 3 aromatic rings. The van der Waals surface area contributed by atoms with Gasteiger partial charge in [0.25, 0.3) is 0 Å². The van der Waals surface area contributed by atoms with Gasteiger partial charge in [0.15, 0.2) is 23.1 Å². The molecule has 0 saturated heterocycles. The predicted octanol–water partition coefficient (Wildman–Crippen LogP) is 3.59. The van der Waals surface area contributed by atoms with E-state index >= 15 is 0 Å². The summed E-state index contributed by atoms with van der Waals surface area (Å²) >= 11 is 0. The van der Waals surface area contributed by atoms with Gasteiger partial charge in [-0.15, -0.1) is 5.10 Å². The first-order chi connectivity index (χ1) is 14.0. The number of benzene rings is 2. The van der Waals surface area contributed by atoms with Crippen LogP contribution in [-0.2, 0) is 0 Å². The highest BCUT2D eigenvalue weighted by Crippen LogP contribution is 2.40. The summed E-state index contributed by atoms with van der Waals surface area (Å²) < 4.78 is 16.0. The van der Waals surface area contributed by atoms with Crippen LogP contribution in [0.3, 0.4) is 0 Å². The summed E-state index contributed by atoms with van der Waals surface area (Å²) in [5.41, 5.74) is 1.95. The molecule has 0 radical (unpaired) electrons. The maximum atomic E-state index is 11.5. The van der Waals surface area contributed by atoms with Gasteiger partial charge in [-0.1, -0.05) is 12.1 Å². The zero-order valence-electron chi connectivity index (χ0n) is 16.5. The predicted molar refractivity (Wildman–Crippen MR) is 109 cm³/mol. The van der Waals surface area contributed by atoms with Gasteiger partial charge in [-0.3, -0.25) is 4.79 Å². The maximum absolute atomic E-state index is 11.5. The molecule has 1 heterocycles. The molecular weight excluding hydrogens is 374 g/mol. The Morgan fingerprint density at radius 2 is 1.66 bits per heavy atom. The van der Waals surface area contributed by atoms with Crippen molar-refractivity contribution in [2.75, 3.05) is 32.0 Å². The number of anilines is 4. The fourth-order valence-corrected chi connectivity index (χ4v) is 2.66. The van der Waals surface area contributed by atoms with Gasteiger partial charge in [0.1, 0.15) is 0 Å². The highest BCUT2D eigenvalue weighted by Gasteiger charge is 2.14. The zero-order chi connectivity index (χ0) is 20.8. The average Bonchev–Trinajstić information content (AvgIpc) is 2.73. The summed E-state index contributed by atoms with van der Waals surface area (Å²) in [5.74, 6) is 2.23. The Hall–Kier alpha value is -3.88. The Labute approximate surface area is 168 Å². The summed E-state index contributed by atoms with van der Waals surface area (Å²) in [6, 6.07) is 10.6. The Bertz CT molecular complexity index is 1000. The first-order valence-corrected chi connectivity index (χ1v) is 8.69. The molecule has 0 spiro atoms. The van der Waals surface area contributed by atoms with Crippen LogP contribution in [0.25, 0.3) is 0 Å². The molecule has 0 aliphatic heterocycles. The first-order valence-electron chi connectivity index (χ1n) is 8.69. The normalized spacial score (nSPS) is 10.2. The standard InChI is InChI=1S/C20H21N5O4/c1-12(26)13-6-5-7-14(8-13)23-20-24-18(11-21-25-20)22-15-9-16(27-2)19(29-4)17(10-15)28-3/h5-11H,1-4H3,(H2,22,23,24,25). The van der Waals surface area contributed by atoms with Gasteiger partial charge < -0.3 is 24.8 Å². The molecule has 0 aliphatic rings. The molecule has 0 aliphatic carbocycles. The van der Waals surface area contributed by atoms with Crippen LogP contribution in [-0.4, -0.2) is 42.3 Å². The van der Waals surface area contributed by atoms with Crippen LogP contribution in [0.1, 0.15) is 17.3 Å². The van der Waals surface area contributed by atoms with E-state index in [1.54, 1.807) is 51.7 Å². The van der Waals surface area contributed by atoms with Gasteiger partial charge in [0.2, 0.25) is 11.7 Å². The van der Waals surface area contributed by atoms with E-state index in [0.29, 0.717) is 40.0 Å². The van der Waals surface area contributed by atoms with Crippen molar-refractivity contribution >= 4 is 28.9 Å². The van der Waals surface area contributed by atoms with Crippen molar-refractivity contribution in [3.8, 4) is 17.2 Å². The molecule has 150 valence electrons. The van der Waals surface area contributed by atoms with E-state index in [-0.39, 0.29) is 11.7 Å². The lowest BCUT2D eigenvalue weighted by Gasteiger charge is -2.15. The van der Waals surface area contributed by atoms with Gasteiger partial charge in [-0.05, 0) is 19.1 Å². The van der Waals surface area contributed by atoms with Crippen LogP contribution in [0.15, 0.2) is 42.6 Å². The van der Waals surface area contributed by atoms with Crippen molar-refractivity contribution in [3.63, 3.8) is 0 Å². The van der Waals surface area contributed by atoms with Crippen LogP contribution in [0.2, 0.25) is 0 Å². The maximum Gasteiger partial charge on any atom is 0.249 e. The Morgan fingerprint density at radius 1 is 0.931 bits per heavy atom. The van der Waals surface area contributed by atoms with E-state index < -0.39 is 0 Å². The van der Waals surface area contributed by atoms with Crippen LogP contribution in [0.5, 0.6) is 17.2 Å². The molecule has 0 unspecified atom stereocenters. The molecule has 9 nitrogen and oxygen atoms in total. The van der Waals surface area contributed by atoms with Crippen molar-refractivity contribution < 1.29 is 19.0 Å². The lowest BCUT2D eigenvalue weighted by Crippen LogP contribution is -2.03. The van der Waals surface area contributed by atoms with Crippen molar-refractivity contribution in [3.05, 3.63) is 48.2 Å². The third-order valence-corrected chi connectivity index (χ3v) is 4.02. The number of hydrogen-bond donors (Lipinski definition) is 2. The van der Waals surface area contributed by atoms with Gasteiger partial charge in [-0.25, -0.2) is 0 Å². The lowest BCUT2D eigenvalue weighted by molar-refractivity contribution is 0.101. The summed E-state index contributed by atoms with van der Waals surface area (Å²) in [5, 5.41) is 14.1. The zero-order valence-corrected chi connectivity index (χ0v) is 16.5. The van der Waals surface area contributed by atoms with E-state index in [9.17, 15) is 4.79 Å². The number of Topliss-reactive ketones (excluding diaryl/α,β-unsaturated/α-hetero) is 1. The molecule has 29 heavy (non-hydrogen) atoms. The topological polar surface area (TPSA) is 107 Å². The Balaban J connectivity index is 1.83. The highest BCUT2D eigenvalue weighted by atomic mass is 16.5. The molecule has 3 rings (SSSR count). The number of nitrogens with one attached hydrogen (secondary N) is 2. The number of carbonyl (C=O) groups is 1. The van der Waals surface area contributed by atoms with Crippen molar-refractivity contribution in [1.29, 1.82) is 0 Å². The molecule has 0 fully saturated rings. The molecule has 0 saturated carbocycles. The number of carbonyl (C=O) groups excluding carboxylic acids is 1. The number of hydrogen-bond acceptors (Lipinski definition) is 9. The molecule has 0 bridgehead atoms. The van der Waals surface area contributed by atoms with Crippen LogP contribution < -0.4 is 24.8 Å². The minimum absolute atomic E-state index is 0.0227. The third-order valence-electron chi connectivity index (χ3n) is 4.02. The van der Waals surface area contributed by atoms with E-state index in [1.807, 2.05) is 6.07 Å². The molecule has 9 heteroatoms. The molecular formula is C20H21N5O4. The number of rotatable bonds is 8. The van der Waals surface area contributed by atoms with Crippen molar-refractivity contribution in [2.45, 2.75) is 6.92 Å². The SMILES string of the molecule is COc1cc(Nc2cnnc(Nc3cccc(C(C)=O)c3)n2)cc(OC)c1OC. The van der Waals surface area contributed by atoms with Gasteiger partial charge >= 0.3 is 0 Å². The molecule has 0 atom stereocenters. The van der Waals surface area contributed by atoms with Crippen LogP contribution in [0, 0.1) is 0 Å². The molecule has 2 aromatic carbocycles. The monoisotopic (exact) mass is 395 g/mol.